The highest BCUT2D eigenvalue weighted by Crippen LogP contribution is 2.31. The molecule has 0 bridgehead atoms. The van der Waals surface area contributed by atoms with E-state index in [1.165, 1.54) is 28.8 Å². The van der Waals surface area contributed by atoms with Crippen LogP contribution in [0.25, 0.3) is 10.9 Å². The standard InChI is InChI=1S/C21H23ClFN3S/c1-25-8-10-26(11-9-25)13-19-18-12-15(22)2-7-20(18)24-21(19)14-27-17-5-3-16(23)4-6-17/h2-7,12,24H,8-11,13-14H2,1H3. The van der Waals surface area contributed by atoms with Crippen molar-refractivity contribution in [2.45, 2.75) is 17.2 Å². The van der Waals surface area contributed by atoms with Crippen LogP contribution < -0.4 is 0 Å². The largest absolute Gasteiger partial charge is 0.357 e. The van der Waals surface area contributed by atoms with Gasteiger partial charge in [-0.25, -0.2) is 4.39 Å². The van der Waals surface area contributed by atoms with Crippen molar-refractivity contribution in [1.29, 1.82) is 0 Å². The number of aromatic nitrogens is 1. The molecular formula is C21H23ClFN3S. The van der Waals surface area contributed by atoms with Gasteiger partial charge in [0, 0.05) is 65.0 Å². The van der Waals surface area contributed by atoms with Crippen LogP contribution in [-0.4, -0.2) is 48.0 Å². The number of piperazine rings is 1. The van der Waals surface area contributed by atoms with Gasteiger partial charge in [-0.3, -0.25) is 4.90 Å². The number of hydrogen-bond donors (Lipinski definition) is 1. The Morgan fingerprint density at radius 2 is 1.81 bits per heavy atom. The predicted octanol–water partition coefficient (Wildman–Crippen LogP) is 5.00. The highest BCUT2D eigenvalue weighted by Gasteiger charge is 2.19. The topological polar surface area (TPSA) is 22.3 Å². The first-order valence-electron chi connectivity index (χ1n) is 9.17. The maximum atomic E-state index is 13.1. The molecule has 27 heavy (non-hydrogen) atoms. The molecule has 1 aliphatic heterocycles. The molecule has 1 fully saturated rings. The summed E-state index contributed by atoms with van der Waals surface area (Å²) in [6.45, 7) is 5.28. The third-order valence-corrected chi connectivity index (χ3v) is 6.40. The zero-order valence-corrected chi connectivity index (χ0v) is 16.9. The van der Waals surface area contributed by atoms with Gasteiger partial charge in [-0.1, -0.05) is 11.6 Å². The Morgan fingerprint density at radius 3 is 2.56 bits per heavy atom. The van der Waals surface area contributed by atoms with Crippen molar-refractivity contribution >= 4 is 34.3 Å². The summed E-state index contributed by atoms with van der Waals surface area (Å²) in [6.07, 6.45) is 0. The molecule has 1 saturated heterocycles. The Morgan fingerprint density at radius 1 is 1.07 bits per heavy atom. The van der Waals surface area contributed by atoms with Crippen LogP contribution in [0, 0.1) is 5.82 Å². The first kappa shape index (κ1) is 18.8. The van der Waals surface area contributed by atoms with E-state index >= 15 is 0 Å². The fourth-order valence-electron chi connectivity index (χ4n) is 3.50. The quantitative estimate of drug-likeness (QED) is 0.606. The maximum absolute atomic E-state index is 13.1. The third-order valence-electron chi connectivity index (χ3n) is 5.13. The summed E-state index contributed by atoms with van der Waals surface area (Å²) in [7, 11) is 2.17. The van der Waals surface area contributed by atoms with Gasteiger partial charge in [0.2, 0.25) is 0 Å². The van der Waals surface area contributed by atoms with Crippen molar-refractivity contribution in [2.24, 2.45) is 0 Å². The second-order valence-corrected chi connectivity index (χ2v) is 8.58. The second kappa shape index (κ2) is 8.23. The van der Waals surface area contributed by atoms with Crippen LogP contribution in [0.4, 0.5) is 4.39 Å². The number of thioether (sulfide) groups is 1. The highest BCUT2D eigenvalue weighted by molar-refractivity contribution is 7.98. The molecule has 2 aromatic carbocycles. The van der Waals surface area contributed by atoms with E-state index in [2.05, 4.69) is 34.0 Å². The lowest BCUT2D eigenvalue weighted by Crippen LogP contribution is -2.43. The number of hydrogen-bond acceptors (Lipinski definition) is 3. The van der Waals surface area contributed by atoms with Crippen LogP contribution in [0.1, 0.15) is 11.3 Å². The van der Waals surface area contributed by atoms with Gasteiger partial charge in [0.15, 0.2) is 0 Å². The van der Waals surface area contributed by atoms with Gasteiger partial charge in [-0.2, -0.15) is 0 Å². The molecule has 1 N–H and O–H groups in total. The first-order valence-corrected chi connectivity index (χ1v) is 10.5. The van der Waals surface area contributed by atoms with Crippen LogP contribution >= 0.6 is 23.4 Å². The molecule has 3 aromatic rings. The lowest BCUT2D eigenvalue weighted by molar-refractivity contribution is 0.148. The number of aromatic amines is 1. The molecule has 1 aromatic heterocycles. The molecule has 4 rings (SSSR count). The number of H-pyrrole nitrogens is 1. The number of nitrogens with one attached hydrogen (secondary N) is 1. The van der Waals surface area contributed by atoms with Gasteiger partial charge < -0.3 is 9.88 Å². The van der Waals surface area contributed by atoms with Crippen molar-refractivity contribution in [3.05, 3.63) is 64.6 Å². The van der Waals surface area contributed by atoms with E-state index in [1.54, 1.807) is 11.8 Å². The van der Waals surface area contributed by atoms with Gasteiger partial charge in [-0.05, 0) is 55.1 Å². The fraction of sp³-hybridized carbons (Fsp3) is 0.333. The minimum atomic E-state index is -0.199. The van der Waals surface area contributed by atoms with E-state index in [0.29, 0.717) is 0 Å². The van der Waals surface area contributed by atoms with Crippen LogP contribution in [0.15, 0.2) is 47.4 Å². The minimum absolute atomic E-state index is 0.199. The van der Waals surface area contributed by atoms with E-state index in [9.17, 15) is 4.39 Å². The smallest absolute Gasteiger partial charge is 0.123 e. The summed E-state index contributed by atoms with van der Waals surface area (Å²) in [5, 5.41) is 1.97. The predicted molar refractivity (Wildman–Crippen MR) is 112 cm³/mol. The molecule has 0 spiro atoms. The maximum Gasteiger partial charge on any atom is 0.123 e. The second-order valence-electron chi connectivity index (χ2n) is 7.09. The monoisotopic (exact) mass is 403 g/mol. The van der Waals surface area contributed by atoms with Crippen LogP contribution in [0.5, 0.6) is 0 Å². The average Bonchev–Trinajstić information content (AvgIpc) is 3.00. The van der Waals surface area contributed by atoms with Crippen molar-refractivity contribution in [3.8, 4) is 0 Å². The van der Waals surface area contributed by atoms with E-state index < -0.39 is 0 Å². The van der Waals surface area contributed by atoms with E-state index in [4.69, 9.17) is 11.6 Å². The number of likely N-dealkylation sites (N-methyl/N-ethyl adjacent to an activating group) is 1. The number of nitrogens with zero attached hydrogens (tertiary/aromatic N) is 2. The van der Waals surface area contributed by atoms with Gasteiger partial charge in [0.05, 0.1) is 0 Å². The average molecular weight is 404 g/mol. The Labute approximate surface area is 168 Å². The fourth-order valence-corrected chi connectivity index (χ4v) is 4.55. The van der Waals surface area contributed by atoms with Crippen molar-refractivity contribution in [2.75, 3.05) is 33.2 Å². The zero-order valence-electron chi connectivity index (χ0n) is 15.3. The van der Waals surface area contributed by atoms with Crippen molar-refractivity contribution in [1.82, 2.24) is 14.8 Å². The van der Waals surface area contributed by atoms with Gasteiger partial charge >= 0.3 is 0 Å². The van der Waals surface area contributed by atoms with Gasteiger partial charge in [0.1, 0.15) is 5.82 Å². The third kappa shape index (κ3) is 4.49. The van der Waals surface area contributed by atoms with E-state index in [0.717, 1.165) is 53.9 Å². The van der Waals surface area contributed by atoms with Crippen molar-refractivity contribution < 1.29 is 4.39 Å². The molecule has 142 valence electrons. The molecule has 0 atom stereocenters. The minimum Gasteiger partial charge on any atom is -0.357 e. The number of rotatable bonds is 5. The summed E-state index contributed by atoms with van der Waals surface area (Å²) < 4.78 is 13.1. The Kier molecular flexibility index (Phi) is 5.74. The molecule has 0 aliphatic carbocycles. The van der Waals surface area contributed by atoms with Crippen LogP contribution in [0.2, 0.25) is 5.02 Å². The summed E-state index contributed by atoms with van der Waals surface area (Å²) in [4.78, 5) is 9.53. The molecule has 0 saturated carbocycles. The zero-order chi connectivity index (χ0) is 18.8. The summed E-state index contributed by atoms with van der Waals surface area (Å²) in [5.41, 5.74) is 3.67. The molecule has 1 aliphatic rings. The van der Waals surface area contributed by atoms with E-state index in [-0.39, 0.29) is 5.82 Å². The molecular weight excluding hydrogens is 381 g/mol. The molecule has 2 heterocycles. The molecule has 6 heteroatoms. The Hall–Kier alpha value is -1.53. The lowest BCUT2D eigenvalue weighted by atomic mass is 10.1. The SMILES string of the molecule is CN1CCN(Cc2c(CSc3ccc(F)cc3)[nH]c3ccc(Cl)cc23)CC1. The Balaban J connectivity index is 1.59. The lowest BCUT2D eigenvalue weighted by Gasteiger charge is -2.32. The molecule has 0 unspecified atom stereocenters. The van der Waals surface area contributed by atoms with Crippen molar-refractivity contribution in [3.63, 3.8) is 0 Å². The number of halogens is 2. The Bertz CT molecular complexity index is 917. The highest BCUT2D eigenvalue weighted by atomic mass is 35.5. The molecule has 0 radical (unpaired) electrons. The first-order chi connectivity index (χ1) is 13.1. The normalized spacial score (nSPS) is 16.3. The number of benzene rings is 2. The summed E-state index contributed by atoms with van der Waals surface area (Å²) in [6, 6.07) is 12.7. The van der Waals surface area contributed by atoms with E-state index in [1.807, 2.05) is 18.2 Å². The molecule has 0 amide bonds. The summed E-state index contributed by atoms with van der Waals surface area (Å²) in [5.74, 6) is 0.622. The van der Waals surface area contributed by atoms with Gasteiger partial charge in [0.25, 0.3) is 0 Å². The molecule has 3 nitrogen and oxygen atoms in total. The number of fused-ring (bicyclic) bond motifs is 1. The summed E-state index contributed by atoms with van der Waals surface area (Å²) >= 11 is 8.00. The van der Waals surface area contributed by atoms with Crippen LogP contribution in [-0.2, 0) is 12.3 Å². The van der Waals surface area contributed by atoms with Crippen LogP contribution in [0.3, 0.4) is 0 Å². The van der Waals surface area contributed by atoms with Gasteiger partial charge in [-0.15, -0.1) is 11.8 Å².